The molecule has 0 saturated heterocycles. The SMILES string of the molecule is C[SH](=O)(O)O. The molecule has 4 heteroatoms. The van der Waals surface area contributed by atoms with Gasteiger partial charge in [0.05, 0.1) is 10.5 Å². The summed E-state index contributed by atoms with van der Waals surface area (Å²) in [6.07, 6.45) is 0.854. The molecule has 0 aliphatic rings. The lowest BCUT2D eigenvalue weighted by Gasteiger charge is -1.95. The van der Waals surface area contributed by atoms with E-state index in [0.29, 0.717) is 0 Å². The smallest absolute Gasteiger partial charge is 0.0705 e. The van der Waals surface area contributed by atoms with Crippen molar-refractivity contribution >= 4 is 10.5 Å². The normalized spacial score (nSPS) is 15.0. The van der Waals surface area contributed by atoms with Gasteiger partial charge in [-0.1, -0.05) is 0 Å². The molecule has 0 aromatic rings. The molecule has 0 saturated carbocycles. The van der Waals surface area contributed by atoms with E-state index in [-0.39, 0.29) is 0 Å². The molecule has 0 unspecified atom stereocenters. The van der Waals surface area contributed by atoms with Crippen LogP contribution in [0.15, 0.2) is 0 Å². The molecular formula is CH6O3S. The molecule has 2 N–H and O–H groups in total. The molecule has 0 aliphatic carbocycles. The van der Waals surface area contributed by atoms with Crippen molar-refractivity contribution in [2.75, 3.05) is 6.26 Å². The van der Waals surface area contributed by atoms with E-state index in [1.54, 1.807) is 0 Å². The second kappa shape index (κ2) is 1.04. The van der Waals surface area contributed by atoms with Crippen LogP contribution in [0.3, 0.4) is 0 Å². The molecule has 0 aliphatic heterocycles. The molecule has 0 fully saturated rings. The van der Waals surface area contributed by atoms with Crippen LogP contribution in [0.25, 0.3) is 0 Å². The highest BCUT2D eigenvalue weighted by molar-refractivity contribution is 7.91. The van der Waals surface area contributed by atoms with E-state index < -0.39 is 10.5 Å². The third-order valence-electron chi connectivity index (χ3n) is 0. The van der Waals surface area contributed by atoms with Gasteiger partial charge in [0.2, 0.25) is 0 Å². The van der Waals surface area contributed by atoms with Crippen molar-refractivity contribution in [3.05, 3.63) is 0 Å². The van der Waals surface area contributed by atoms with Gasteiger partial charge < -0.3 is 9.11 Å². The van der Waals surface area contributed by atoms with Gasteiger partial charge in [-0.05, 0) is 0 Å². The number of hydrogen-bond acceptors (Lipinski definition) is 1. The van der Waals surface area contributed by atoms with Crippen molar-refractivity contribution < 1.29 is 13.3 Å². The minimum atomic E-state index is -3.64. The zero-order valence-electron chi connectivity index (χ0n) is 2.75. The fourth-order valence-electron chi connectivity index (χ4n) is 0. The fourth-order valence-corrected chi connectivity index (χ4v) is 0. The first-order chi connectivity index (χ1) is 2.00. The van der Waals surface area contributed by atoms with Crippen LogP contribution in [-0.2, 0) is 10.5 Å². The quantitative estimate of drug-likeness (QED) is 0.361. The average molecular weight is 98.1 g/mol. The van der Waals surface area contributed by atoms with Crippen molar-refractivity contribution in [1.29, 1.82) is 0 Å². The summed E-state index contributed by atoms with van der Waals surface area (Å²) in [7, 11) is -3.64. The van der Waals surface area contributed by atoms with Gasteiger partial charge in [-0.2, -0.15) is 0 Å². The Morgan fingerprint density at radius 3 is 1.60 bits per heavy atom. The molecule has 0 atom stereocenters. The molecule has 0 spiro atoms. The van der Waals surface area contributed by atoms with E-state index in [4.69, 9.17) is 9.11 Å². The van der Waals surface area contributed by atoms with Crippen LogP contribution in [-0.4, -0.2) is 19.6 Å². The highest BCUT2D eigenvalue weighted by atomic mass is 32.3. The number of hydrogen-bond donors (Lipinski definition) is 3. The highest BCUT2D eigenvalue weighted by Gasteiger charge is 1.82. The van der Waals surface area contributed by atoms with Gasteiger partial charge in [-0.3, -0.25) is 0 Å². The van der Waals surface area contributed by atoms with Gasteiger partial charge in [-0.25, -0.2) is 4.21 Å². The van der Waals surface area contributed by atoms with Gasteiger partial charge >= 0.3 is 0 Å². The summed E-state index contributed by atoms with van der Waals surface area (Å²) in [5.41, 5.74) is 0. The van der Waals surface area contributed by atoms with Gasteiger partial charge in [0, 0.05) is 6.26 Å². The standard InChI is InChI=1S/CH6O3S/c1-5(2,3)4/h5H,1H3,(H2,2,3,4). The lowest BCUT2D eigenvalue weighted by Crippen LogP contribution is -2.01. The monoisotopic (exact) mass is 98.0 g/mol. The molecule has 3 nitrogen and oxygen atoms in total. The Morgan fingerprint density at radius 2 is 1.60 bits per heavy atom. The van der Waals surface area contributed by atoms with E-state index in [2.05, 4.69) is 0 Å². The molecule has 0 heterocycles. The number of thiol groups is 1. The van der Waals surface area contributed by atoms with Crippen molar-refractivity contribution in [2.24, 2.45) is 0 Å². The third-order valence-corrected chi connectivity index (χ3v) is 0. The predicted molar refractivity (Wildman–Crippen MR) is 20.7 cm³/mol. The van der Waals surface area contributed by atoms with Crippen LogP contribution >= 0.6 is 0 Å². The summed E-state index contributed by atoms with van der Waals surface area (Å²) >= 11 is 0. The molecule has 0 rings (SSSR count). The molecule has 0 radical (unpaired) electrons. The first-order valence-corrected chi connectivity index (χ1v) is 3.09. The topological polar surface area (TPSA) is 57.5 Å². The molecule has 0 bridgehead atoms. The Bertz CT molecular complexity index is 53.0. The number of rotatable bonds is 0. The van der Waals surface area contributed by atoms with Crippen LogP contribution in [0.1, 0.15) is 0 Å². The summed E-state index contributed by atoms with van der Waals surface area (Å²) in [6.45, 7) is 0. The van der Waals surface area contributed by atoms with Crippen molar-refractivity contribution in [3.8, 4) is 0 Å². The molecule has 0 aromatic heterocycles. The van der Waals surface area contributed by atoms with Crippen LogP contribution in [0, 0.1) is 0 Å². The maximum Gasteiger partial charge on any atom is 0.0705 e. The highest BCUT2D eigenvalue weighted by Crippen LogP contribution is 1.74. The van der Waals surface area contributed by atoms with Gasteiger partial charge in [0.1, 0.15) is 0 Å². The summed E-state index contributed by atoms with van der Waals surface area (Å²) in [6, 6.07) is 0. The second-order valence-electron chi connectivity index (χ2n) is 0.835. The van der Waals surface area contributed by atoms with E-state index in [9.17, 15) is 4.21 Å². The Hall–Kier alpha value is 0.0700. The van der Waals surface area contributed by atoms with E-state index in [1.807, 2.05) is 0 Å². The third kappa shape index (κ3) is 3560. The first kappa shape index (κ1) is 5.07. The average Bonchev–Trinajstić information content (AvgIpc) is 0.722. The van der Waals surface area contributed by atoms with Crippen molar-refractivity contribution in [3.63, 3.8) is 0 Å². The molecule has 0 amide bonds. The minimum absolute atomic E-state index is 0.854. The van der Waals surface area contributed by atoms with E-state index >= 15 is 0 Å². The van der Waals surface area contributed by atoms with Crippen LogP contribution in [0.4, 0.5) is 0 Å². The molecule has 5 heavy (non-hydrogen) atoms. The molecule has 0 aromatic carbocycles. The second-order valence-corrected chi connectivity index (χ2v) is 2.51. The lowest BCUT2D eigenvalue weighted by atomic mass is 12.0. The molecular weight excluding hydrogens is 92.1 g/mol. The fraction of sp³-hybridized carbons (Fsp3) is 1.00. The van der Waals surface area contributed by atoms with Crippen molar-refractivity contribution in [2.45, 2.75) is 0 Å². The van der Waals surface area contributed by atoms with Crippen molar-refractivity contribution in [1.82, 2.24) is 0 Å². The summed E-state index contributed by atoms with van der Waals surface area (Å²) in [5.74, 6) is 0. The largest absolute Gasteiger partial charge is 0.310 e. The van der Waals surface area contributed by atoms with Gasteiger partial charge in [0.15, 0.2) is 0 Å². The minimum Gasteiger partial charge on any atom is -0.310 e. The van der Waals surface area contributed by atoms with Crippen LogP contribution < -0.4 is 0 Å². The van der Waals surface area contributed by atoms with Crippen LogP contribution in [0.2, 0.25) is 0 Å². The lowest BCUT2D eigenvalue weighted by molar-refractivity contribution is 0.431. The Morgan fingerprint density at radius 1 is 1.60 bits per heavy atom. The summed E-state index contributed by atoms with van der Waals surface area (Å²) < 4.78 is 24.6. The Balaban J connectivity index is 3.47. The maximum atomic E-state index is 9.33. The summed E-state index contributed by atoms with van der Waals surface area (Å²) in [4.78, 5) is 0. The van der Waals surface area contributed by atoms with Gasteiger partial charge in [-0.15, -0.1) is 0 Å². The Labute approximate surface area is 31.1 Å². The Kier molecular flexibility index (Phi) is 1.06. The van der Waals surface area contributed by atoms with Gasteiger partial charge in [0.25, 0.3) is 0 Å². The van der Waals surface area contributed by atoms with E-state index in [1.165, 1.54) is 0 Å². The van der Waals surface area contributed by atoms with Crippen LogP contribution in [0.5, 0.6) is 0 Å². The zero-order valence-corrected chi connectivity index (χ0v) is 3.64. The van der Waals surface area contributed by atoms with E-state index in [0.717, 1.165) is 6.26 Å². The predicted octanol–water partition coefficient (Wildman–Crippen LogP) is -0.421. The zero-order chi connectivity index (χ0) is 4.50. The maximum absolute atomic E-state index is 9.33. The summed E-state index contributed by atoms with van der Waals surface area (Å²) in [5, 5.41) is 0. The first-order valence-electron chi connectivity index (χ1n) is 1.03. The molecule has 34 valence electrons.